The number of fused-ring (bicyclic) bond motifs is 2. The average Bonchev–Trinajstić information content (AvgIpc) is 3.59. The molecule has 2 amide bonds. The predicted molar refractivity (Wildman–Crippen MR) is 147 cm³/mol. The Morgan fingerprint density at radius 2 is 1.89 bits per heavy atom. The molecule has 0 unspecified atom stereocenters. The standard InChI is InChI=1S/C28H25N5O4S/c1-36-22-8-3-15(9-23(22)37-2)12-31-27(35)20-14-30-25-19(20)10-18(13-29-25)17-6-7-21-24(11-17)38-28(32-21)33-26(34)16-4-5-16/h3,6-11,13-14,16H,4-5,12H2,1-2H3,(H,29,30)(H,31,35)(H,32,33,34). The number of pyridine rings is 1. The van der Waals surface area contributed by atoms with E-state index in [9.17, 15) is 9.59 Å². The van der Waals surface area contributed by atoms with Crippen LogP contribution in [0.25, 0.3) is 32.4 Å². The number of methoxy groups -OCH3 is 2. The molecule has 1 fully saturated rings. The minimum Gasteiger partial charge on any atom is -0.493 e. The lowest BCUT2D eigenvalue weighted by Crippen LogP contribution is -2.22. The van der Waals surface area contributed by atoms with Gasteiger partial charge in [-0.05, 0) is 54.3 Å². The molecule has 3 aromatic heterocycles. The van der Waals surface area contributed by atoms with Crippen molar-refractivity contribution < 1.29 is 19.1 Å². The molecule has 0 spiro atoms. The van der Waals surface area contributed by atoms with Crippen molar-refractivity contribution in [3.05, 3.63) is 66.0 Å². The third kappa shape index (κ3) is 4.66. The normalized spacial score (nSPS) is 13.0. The van der Waals surface area contributed by atoms with Crippen LogP contribution in [0.4, 0.5) is 5.13 Å². The van der Waals surface area contributed by atoms with E-state index in [2.05, 4.69) is 25.6 Å². The van der Waals surface area contributed by atoms with E-state index < -0.39 is 0 Å². The van der Waals surface area contributed by atoms with E-state index in [0.29, 0.717) is 34.4 Å². The zero-order valence-corrected chi connectivity index (χ0v) is 21.6. The number of H-pyrrole nitrogens is 1. The third-order valence-corrected chi connectivity index (χ3v) is 7.51. The van der Waals surface area contributed by atoms with Gasteiger partial charge in [-0.15, -0.1) is 0 Å². The van der Waals surface area contributed by atoms with Crippen LogP contribution in [-0.4, -0.2) is 41.0 Å². The molecule has 1 saturated carbocycles. The number of carbonyl (C=O) groups excluding carboxylic acids is 2. The quantitative estimate of drug-likeness (QED) is 0.257. The van der Waals surface area contributed by atoms with Gasteiger partial charge in [0.15, 0.2) is 16.6 Å². The number of thiazole rings is 1. The Hall–Kier alpha value is -4.44. The second-order valence-electron chi connectivity index (χ2n) is 9.16. The molecule has 0 atom stereocenters. The molecule has 2 aromatic carbocycles. The van der Waals surface area contributed by atoms with Gasteiger partial charge in [-0.3, -0.25) is 9.59 Å². The maximum atomic E-state index is 13.1. The van der Waals surface area contributed by atoms with Gasteiger partial charge in [0, 0.05) is 35.8 Å². The van der Waals surface area contributed by atoms with Crippen molar-refractivity contribution in [1.29, 1.82) is 0 Å². The molecule has 10 heteroatoms. The Morgan fingerprint density at radius 3 is 2.68 bits per heavy atom. The first kappa shape index (κ1) is 23.9. The Labute approximate surface area is 222 Å². The van der Waals surface area contributed by atoms with E-state index in [4.69, 9.17) is 9.47 Å². The molecular formula is C28H25N5O4S. The predicted octanol–water partition coefficient (Wildman–Crippen LogP) is 5.14. The number of nitrogens with zero attached hydrogens (tertiary/aromatic N) is 2. The first-order chi connectivity index (χ1) is 18.5. The van der Waals surface area contributed by atoms with E-state index >= 15 is 0 Å². The summed E-state index contributed by atoms with van der Waals surface area (Å²) in [6.45, 7) is 0.334. The molecule has 6 rings (SSSR count). The van der Waals surface area contributed by atoms with Crippen molar-refractivity contribution in [2.45, 2.75) is 19.4 Å². The number of hydrogen-bond acceptors (Lipinski definition) is 7. The minimum absolute atomic E-state index is 0.0447. The van der Waals surface area contributed by atoms with E-state index in [1.807, 2.05) is 42.5 Å². The Morgan fingerprint density at radius 1 is 1.05 bits per heavy atom. The summed E-state index contributed by atoms with van der Waals surface area (Å²) in [6.07, 6.45) is 5.35. The minimum atomic E-state index is -0.209. The number of ether oxygens (including phenoxy) is 2. The van der Waals surface area contributed by atoms with Crippen LogP contribution in [-0.2, 0) is 11.3 Å². The maximum Gasteiger partial charge on any atom is 0.253 e. The van der Waals surface area contributed by atoms with Crippen molar-refractivity contribution in [1.82, 2.24) is 20.3 Å². The molecule has 0 saturated heterocycles. The fourth-order valence-corrected chi connectivity index (χ4v) is 5.24. The van der Waals surface area contributed by atoms with Crippen LogP contribution in [0, 0.1) is 5.92 Å². The van der Waals surface area contributed by atoms with Crippen LogP contribution in [0.15, 0.2) is 54.9 Å². The Bertz CT molecular complexity index is 1690. The molecule has 1 aliphatic carbocycles. The molecule has 0 aliphatic heterocycles. The van der Waals surface area contributed by atoms with E-state index in [1.54, 1.807) is 26.6 Å². The fraction of sp³-hybridized carbons (Fsp3) is 0.214. The van der Waals surface area contributed by atoms with Crippen molar-refractivity contribution in [3.8, 4) is 22.6 Å². The van der Waals surface area contributed by atoms with Crippen LogP contribution in [0.3, 0.4) is 0 Å². The zero-order chi connectivity index (χ0) is 26.2. The third-order valence-electron chi connectivity index (χ3n) is 6.58. The van der Waals surface area contributed by atoms with E-state index in [1.165, 1.54) is 11.3 Å². The number of rotatable bonds is 8. The first-order valence-electron chi connectivity index (χ1n) is 12.2. The van der Waals surface area contributed by atoms with Crippen molar-refractivity contribution in [2.24, 2.45) is 5.92 Å². The van der Waals surface area contributed by atoms with Gasteiger partial charge in [0.25, 0.3) is 5.91 Å². The smallest absolute Gasteiger partial charge is 0.253 e. The van der Waals surface area contributed by atoms with Gasteiger partial charge in [0.2, 0.25) is 5.91 Å². The molecule has 3 N–H and O–H groups in total. The van der Waals surface area contributed by atoms with Gasteiger partial charge in [-0.2, -0.15) is 0 Å². The number of hydrogen-bond donors (Lipinski definition) is 3. The molecule has 5 aromatic rings. The monoisotopic (exact) mass is 527 g/mol. The highest BCUT2D eigenvalue weighted by Gasteiger charge is 2.30. The summed E-state index contributed by atoms with van der Waals surface area (Å²) in [7, 11) is 3.16. The van der Waals surface area contributed by atoms with Crippen molar-refractivity contribution in [2.75, 3.05) is 19.5 Å². The number of benzene rings is 2. The molecule has 3 heterocycles. The molecule has 1 aliphatic rings. The van der Waals surface area contributed by atoms with Crippen LogP contribution >= 0.6 is 11.3 Å². The molecule has 0 bridgehead atoms. The highest BCUT2D eigenvalue weighted by Crippen LogP contribution is 2.34. The van der Waals surface area contributed by atoms with Crippen molar-refractivity contribution in [3.63, 3.8) is 0 Å². The van der Waals surface area contributed by atoms with Crippen LogP contribution in [0.2, 0.25) is 0 Å². The van der Waals surface area contributed by atoms with Gasteiger partial charge in [-0.1, -0.05) is 23.5 Å². The summed E-state index contributed by atoms with van der Waals surface area (Å²) in [5.41, 5.74) is 4.70. The fourth-order valence-electron chi connectivity index (χ4n) is 4.33. The highest BCUT2D eigenvalue weighted by molar-refractivity contribution is 7.22. The summed E-state index contributed by atoms with van der Waals surface area (Å²) in [6, 6.07) is 13.4. The van der Waals surface area contributed by atoms with E-state index in [-0.39, 0.29) is 17.7 Å². The number of aromatic nitrogens is 3. The van der Waals surface area contributed by atoms with Gasteiger partial charge < -0.3 is 25.1 Å². The largest absolute Gasteiger partial charge is 0.493 e. The van der Waals surface area contributed by atoms with Crippen LogP contribution in [0.5, 0.6) is 11.5 Å². The molecule has 0 radical (unpaired) electrons. The number of carbonyl (C=O) groups is 2. The summed E-state index contributed by atoms with van der Waals surface area (Å²) >= 11 is 1.45. The highest BCUT2D eigenvalue weighted by atomic mass is 32.1. The lowest BCUT2D eigenvalue weighted by molar-refractivity contribution is -0.117. The number of aromatic amines is 1. The number of amides is 2. The van der Waals surface area contributed by atoms with E-state index in [0.717, 1.165) is 45.1 Å². The van der Waals surface area contributed by atoms with Gasteiger partial charge in [-0.25, -0.2) is 9.97 Å². The maximum absolute atomic E-state index is 13.1. The molecule has 192 valence electrons. The molecular weight excluding hydrogens is 502 g/mol. The second kappa shape index (κ2) is 9.79. The summed E-state index contributed by atoms with van der Waals surface area (Å²) in [5, 5.41) is 7.24. The lowest BCUT2D eigenvalue weighted by atomic mass is 10.1. The van der Waals surface area contributed by atoms with Crippen molar-refractivity contribution >= 4 is 49.5 Å². The van der Waals surface area contributed by atoms with Crippen LogP contribution < -0.4 is 20.1 Å². The Kier molecular flexibility index (Phi) is 6.16. The zero-order valence-electron chi connectivity index (χ0n) is 20.8. The molecule has 38 heavy (non-hydrogen) atoms. The topological polar surface area (TPSA) is 118 Å². The lowest BCUT2D eigenvalue weighted by Gasteiger charge is -2.10. The SMILES string of the molecule is COc1ccc(CNC(=O)c2c[nH]c3ncc(-c4ccc5nc(NC(=O)C6CC6)sc5c4)cc23)cc1OC. The summed E-state index contributed by atoms with van der Waals surface area (Å²) in [5.74, 6) is 1.20. The number of nitrogens with one attached hydrogen (secondary N) is 3. The average molecular weight is 528 g/mol. The van der Waals surface area contributed by atoms with Gasteiger partial charge in [0.05, 0.1) is 30.0 Å². The summed E-state index contributed by atoms with van der Waals surface area (Å²) < 4.78 is 11.6. The van der Waals surface area contributed by atoms with Gasteiger partial charge in [0.1, 0.15) is 5.65 Å². The summed E-state index contributed by atoms with van der Waals surface area (Å²) in [4.78, 5) is 37.4. The molecule has 9 nitrogen and oxygen atoms in total. The second-order valence-corrected chi connectivity index (χ2v) is 10.2. The first-order valence-corrected chi connectivity index (χ1v) is 13.0. The van der Waals surface area contributed by atoms with Crippen LogP contribution in [0.1, 0.15) is 28.8 Å². The number of anilines is 1. The Balaban J connectivity index is 1.22. The van der Waals surface area contributed by atoms with Gasteiger partial charge >= 0.3 is 0 Å².